The molecule has 156 valence electrons. The van der Waals surface area contributed by atoms with Crippen molar-refractivity contribution in [1.82, 2.24) is 15.1 Å². The lowest BCUT2D eigenvalue weighted by atomic mass is 9.73. The van der Waals surface area contributed by atoms with Gasteiger partial charge in [-0.3, -0.25) is 9.48 Å². The molecule has 3 aromatic rings. The first-order chi connectivity index (χ1) is 14.5. The first-order valence-corrected chi connectivity index (χ1v) is 11.1. The second-order valence-electron chi connectivity index (χ2n) is 7.39. The van der Waals surface area contributed by atoms with Crippen LogP contribution in [-0.4, -0.2) is 35.9 Å². The summed E-state index contributed by atoms with van der Waals surface area (Å²) in [6, 6.07) is 16.2. The second kappa shape index (κ2) is 8.84. The van der Waals surface area contributed by atoms with Crippen molar-refractivity contribution in [2.45, 2.75) is 28.0 Å². The summed E-state index contributed by atoms with van der Waals surface area (Å²) in [4.78, 5) is 14.8. The summed E-state index contributed by atoms with van der Waals surface area (Å²) in [6.07, 6.45) is 3.14. The third-order valence-electron chi connectivity index (χ3n) is 5.67. The average molecular weight is 442 g/mol. The molecule has 30 heavy (non-hydrogen) atoms. The van der Waals surface area contributed by atoms with E-state index in [2.05, 4.69) is 28.6 Å². The van der Waals surface area contributed by atoms with Crippen molar-refractivity contribution in [1.29, 1.82) is 0 Å². The van der Waals surface area contributed by atoms with E-state index in [1.807, 2.05) is 42.1 Å². The van der Waals surface area contributed by atoms with Crippen molar-refractivity contribution in [3.63, 3.8) is 0 Å². The Labute approximate surface area is 185 Å². The van der Waals surface area contributed by atoms with Gasteiger partial charge < -0.3 is 10.1 Å². The van der Waals surface area contributed by atoms with Gasteiger partial charge in [0.1, 0.15) is 0 Å². The molecule has 1 aliphatic rings. The quantitative estimate of drug-likeness (QED) is 0.624. The topological polar surface area (TPSA) is 56.2 Å². The molecule has 1 amide bonds. The molecule has 4 rings (SSSR count). The van der Waals surface area contributed by atoms with E-state index in [0.717, 1.165) is 26.6 Å². The Kier molecular flexibility index (Phi) is 6.18. The van der Waals surface area contributed by atoms with Gasteiger partial charge in [-0.05, 0) is 48.7 Å². The molecule has 7 heteroatoms. The van der Waals surface area contributed by atoms with Crippen LogP contribution in [0.5, 0.6) is 0 Å². The highest BCUT2D eigenvalue weighted by Crippen LogP contribution is 2.40. The van der Waals surface area contributed by atoms with Gasteiger partial charge in [-0.15, -0.1) is 0 Å². The Morgan fingerprint density at radius 1 is 1.20 bits per heavy atom. The van der Waals surface area contributed by atoms with Gasteiger partial charge in [0.05, 0.1) is 16.1 Å². The molecule has 1 saturated heterocycles. The smallest absolute Gasteiger partial charge is 0.230 e. The Bertz CT molecular complexity index is 1060. The number of rotatable bonds is 5. The molecule has 1 N–H and O–H groups in total. The normalized spacial score (nSPS) is 15.7. The number of benzene rings is 2. The number of hydrogen-bond donors (Lipinski definition) is 1. The van der Waals surface area contributed by atoms with Crippen molar-refractivity contribution in [3.8, 4) is 11.3 Å². The van der Waals surface area contributed by atoms with Crippen LogP contribution in [0.2, 0.25) is 5.02 Å². The lowest BCUT2D eigenvalue weighted by molar-refractivity contribution is -0.129. The van der Waals surface area contributed by atoms with Crippen LogP contribution in [0.4, 0.5) is 0 Å². The number of amides is 1. The Balaban J connectivity index is 1.62. The Hall–Kier alpha value is -2.28. The predicted octanol–water partition coefficient (Wildman–Crippen LogP) is 4.69. The van der Waals surface area contributed by atoms with Gasteiger partial charge in [0.15, 0.2) is 0 Å². The number of nitrogens with zero attached hydrogens (tertiary/aromatic N) is 2. The fourth-order valence-corrected chi connectivity index (χ4v) is 5.17. The van der Waals surface area contributed by atoms with Crippen LogP contribution in [0.1, 0.15) is 18.4 Å². The zero-order chi connectivity index (χ0) is 21.1. The molecule has 5 nitrogen and oxygen atoms in total. The summed E-state index contributed by atoms with van der Waals surface area (Å²) in [5.41, 5.74) is 2.52. The number of nitrogens with one attached hydrogen (secondary N) is 1. The second-order valence-corrected chi connectivity index (χ2v) is 8.91. The summed E-state index contributed by atoms with van der Waals surface area (Å²) >= 11 is 8.21. The third-order valence-corrected chi connectivity index (χ3v) is 7.16. The third kappa shape index (κ3) is 4.00. The molecule has 0 unspecified atom stereocenters. The predicted molar refractivity (Wildman–Crippen MR) is 120 cm³/mol. The largest absolute Gasteiger partial charge is 0.381 e. The van der Waals surface area contributed by atoms with E-state index in [0.29, 0.717) is 31.1 Å². The van der Waals surface area contributed by atoms with Crippen LogP contribution < -0.4 is 5.32 Å². The van der Waals surface area contributed by atoms with Gasteiger partial charge in [-0.2, -0.15) is 5.10 Å². The first kappa shape index (κ1) is 21.0. The number of likely N-dealkylation sites (N-methyl/N-ethyl adjacent to an activating group) is 1. The maximum Gasteiger partial charge on any atom is 0.230 e. The molecule has 0 radical (unpaired) electrons. The number of carbonyl (C=O) groups is 1. The van der Waals surface area contributed by atoms with Crippen LogP contribution in [0.25, 0.3) is 11.3 Å². The number of aromatic nitrogens is 2. The van der Waals surface area contributed by atoms with Crippen molar-refractivity contribution >= 4 is 29.3 Å². The van der Waals surface area contributed by atoms with Crippen molar-refractivity contribution < 1.29 is 9.53 Å². The average Bonchev–Trinajstić information content (AvgIpc) is 3.21. The van der Waals surface area contributed by atoms with Gasteiger partial charge in [-0.25, -0.2) is 0 Å². The number of aryl methyl sites for hydroxylation is 1. The summed E-state index contributed by atoms with van der Waals surface area (Å²) in [7, 11) is 3.61. The maximum absolute atomic E-state index is 12.8. The minimum atomic E-state index is -0.545. The standard InChI is InChI=1S/C23H24ClN3O2S/c1-25-22(28)23(9-12-29-13-10-23)17-4-3-5-18(15-17)30-21-7-6-16(14-19(21)24)20-8-11-26-27(20)2/h3-8,11,14-15H,9-10,12-13H2,1-2H3,(H,25,28). The molecule has 0 aliphatic carbocycles. The lowest BCUT2D eigenvalue weighted by Crippen LogP contribution is -2.46. The molecule has 1 fully saturated rings. The van der Waals surface area contributed by atoms with E-state index < -0.39 is 5.41 Å². The molecule has 2 aromatic carbocycles. The minimum Gasteiger partial charge on any atom is -0.381 e. The number of ether oxygens (including phenoxy) is 1. The number of halogens is 1. The van der Waals surface area contributed by atoms with E-state index in [9.17, 15) is 4.79 Å². The van der Waals surface area contributed by atoms with Gasteiger partial charge in [-0.1, -0.05) is 41.6 Å². The molecule has 0 saturated carbocycles. The molecule has 1 aliphatic heterocycles. The van der Waals surface area contributed by atoms with E-state index >= 15 is 0 Å². The fourth-order valence-electron chi connectivity index (χ4n) is 3.99. The van der Waals surface area contributed by atoms with Crippen LogP contribution in [-0.2, 0) is 22.0 Å². The van der Waals surface area contributed by atoms with Crippen LogP contribution in [0, 0.1) is 0 Å². The maximum atomic E-state index is 12.8. The highest BCUT2D eigenvalue weighted by molar-refractivity contribution is 7.99. The molecule has 1 aromatic heterocycles. The van der Waals surface area contributed by atoms with E-state index in [1.54, 1.807) is 25.0 Å². The Morgan fingerprint density at radius 2 is 2.00 bits per heavy atom. The minimum absolute atomic E-state index is 0.0477. The summed E-state index contributed by atoms with van der Waals surface area (Å²) in [6.45, 7) is 1.18. The SMILES string of the molecule is CNC(=O)C1(c2cccc(Sc3ccc(-c4ccnn4C)cc3Cl)c2)CCOCC1. The molecular weight excluding hydrogens is 418 g/mol. The zero-order valence-electron chi connectivity index (χ0n) is 17.0. The number of hydrogen-bond acceptors (Lipinski definition) is 4. The first-order valence-electron chi connectivity index (χ1n) is 9.90. The highest BCUT2D eigenvalue weighted by atomic mass is 35.5. The van der Waals surface area contributed by atoms with E-state index in [-0.39, 0.29) is 5.91 Å². The van der Waals surface area contributed by atoms with Crippen LogP contribution in [0.3, 0.4) is 0 Å². The van der Waals surface area contributed by atoms with Gasteiger partial charge in [0.25, 0.3) is 0 Å². The summed E-state index contributed by atoms with van der Waals surface area (Å²) in [5, 5.41) is 7.76. The number of carbonyl (C=O) groups excluding carboxylic acids is 1. The van der Waals surface area contributed by atoms with Crippen molar-refractivity contribution in [2.75, 3.05) is 20.3 Å². The van der Waals surface area contributed by atoms with Crippen LogP contribution in [0.15, 0.2) is 64.5 Å². The van der Waals surface area contributed by atoms with E-state index in [1.165, 1.54) is 0 Å². The van der Waals surface area contributed by atoms with Gasteiger partial charge >= 0.3 is 0 Å². The molecule has 0 bridgehead atoms. The highest BCUT2D eigenvalue weighted by Gasteiger charge is 2.41. The van der Waals surface area contributed by atoms with Crippen LogP contribution >= 0.6 is 23.4 Å². The monoisotopic (exact) mass is 441 g/mol. The van der Waals surface area contributed by atoms with Crippen molar-refractivity contribution in [3.05, 3.63) is 65.3 Å². The fraction of sp³-hybridized carbons (Fsp3) is 0.304. The summed E-state index contributed by atoms with van der Waals surface area (Å²) < 4.78 is 7.35. The zero-order valence-corrected chi connectivity index (χ0v) is 18.6. The van der Waals surface area contributed by atoms with Gasteiger partial charge in [0, 0.05) is 48.9 Å². The summed E-state index contributed by atoms with van der Waals surface area (Å²) in [5.74, 6) is 0.0477. The molecule has 0 atom stereocenters. The molecular formula is C23H24ClN3O2S. The van der Waals surface area contributed by atoms with Gasteiger partial charge in [0.2, 0.25) is 5.91 Å². The lowest BCUT2D eigenvalue weighted by Gasteiger charge is -2.36. The molecule has 0 spiro atoms. The Morgan fingerprint density at radius 3 is 2.67 bits per heavy atom. The van der Waals surface area contributed by atoms with E-state index in [4.69, 9.17) is 16.3 Å². The molecule has 2 heterocycles. The van der Waals surface area contributed by atoms with Crippen molar-refractivity contribution in [2.24, 2.45) is 7.05 Å².